The zero-order valence-corrected chi connectivity index (χ0v) is 23.2. The number of nitrogens with zero attached hydrogens (tertiary/aromatic N) is 1. The van der Waals surface area contributed by atoms with Gasteiger partial charge in [0.2, 0.25) is 0 Å². The van der Waals surface area contributed by atoms with E-state index in [1.165, 1.54) is 6.08 Å². The number of thioether (sulfide) groups is 1. The van der Waals surface area contributed by atoms with Crippen LogP contribution in [0.5, 0.6) is 11.5 Å². The average Bonchev–Trinajstić information content (AvgIpc) is 3.05. The van der Waals surface area contributed by atoms with E-state index in [1.807, 2.05) is 25.1 Å². The minimum atomic E-state index is -0.659. The van der Waals surface area contributed by atoms with Gasteiger partial charge >= 0.3 is 5.97 Å². The third kappa shape index (κ3) is 7.83. The predicted octanol–water partition coefficient (Wildman–Crippen LogP) is 5.16. The minimum absolute atomic E-state index is 0.155. The van der Waals surface area contributed by atoms with Crippen LogP contribution >= 0.6 is 27.7 Å². The summed E-state index contributed by atoms with van der Waals surface area (Å²) in [6.45, 7) is 6.72. The van der Waals surface area contributed by atoms with Gasteiger partial charge in [-0.05, 0) is 96.9 Å². The molecule has 37 heavy (non-hydrogen) atoms. The number of rotatable bonds is 10. The molecule has 0 aliphatic carbocycles. The van der Waals surface area contributed by atoms with E-state index in [4.69, 9.17) is 14.2 Å². The summed E-state index contributed by atoms with van der Waals surface area (Å²) in [6, 6.07) is 10.7. The van der Waals surface area contributed by atoms with Crippen molar-refractivity contribution < 1.29 is 33.4 Å². The van der Waals surface area contributed by atoms with Crippen LogP contribution in [0.1, 0.15) is 31.9 Å². The summed E-state index contributed by atoms with van der Waals surface area (Å²) in [5, 5.41) is 2.23. The van der Waals surface area contributed by atoms with Crippen molar-refractivity contribution in [2.24, 2.45) is 0 Å². The molecule has 3 rings (SSSR count). The Morgan fingerprint density at radius 2 is 1.92 bits per heavy atom. The van der Waals surface area contributed by atoms with Gasteiger partial charge in [0.15, 0.2) is 18.1 Å². The Kier molecular flexibility index (Phi) is 9.76. The summed E-state index contributed by atoms with van der Waals surface area (Å²) in [4.78, 5) is 50.4. The van der Waals surface area contributed by atoms with Crippen LogP contribution in [0.3, 0.4) is 0 Å². The van der Waals surface area contributed by atoms with Gasteiger partial charge in [0.25, 0.3) is 17.1 Å². The van der Waals surface area contributed by atoms with Gasteiger partial charge in [-0.15, -0.1) is 0 Å². The molecule has 1 N–H and O–H groups in total. The molecule has 0 bridgehead atoms. The summed E-state index contributed by atoms with van der Waals surface area (Å²) >= 11 is 4.18. The summed E-state index contributed by atoms with van der Waals surface area (Å²) in [6.07, 6.45) is 1.17. The van der Waals surface area contributed by atoms with Crippen molar-refractivity contribution in [3.05, 3.63) is 56.9 Å². The highest BCUT2D eigenvalue weighted by Gasteiger charge is 2.37. The van der Waals surface area contributed by atoms with Crippen molar-refractivity contribution in [3.63, 3.8) is 0 Å². The number of carbonyl (C=O) groups excluding carboxylic acids is 4. The van der Waals surface area contributed by atoms with Crippen LogP contribution in [0.15, 0.2) is 45.8 Å². The highest BCUT2D eigenvalue weighted by molar-refractivity contribution is 9.10. The monoisotopic (exact) mass is 590 g/mol. The molecule has 1 heterocycles. The van der Waals surface area contributed by atoms with Gasteiger partial charge < -0.3 is 19.5 Å². The number of aryl methyl sites for hydroxylation is 1. The zero-order chi connectivity index (χ0) is 27.1. The first kappa shape index (κ1) is 28.3. The molecule has 1 fully saturated rings. The lowest BCUT2D eigenvalue weighted by Gasteiger charge is -2.15. The van der Waals surface area contributed by atoms with Crippen LogP contribution < -0.4 is 14.8 Å². The number of ether oxygens (including phenoxy) is 3. The molecule has 0 aromatic heterocycles. The maximum Gasteiger partial charge on any atom is 0.326 e. The third-order valence-corrected chi connectivity index (χ3v) is 6.30. The quantitative estimate of drug-likeness (QED) is 0.298. The Balaban J connectivity index is 1.74. The number of carbonyl (C=O) groups is 4. The normalized spacial score (nSPS) is 14.3. The minimum Gasteiger partial charge on any atom is -0.490 e. The lowest BCUT2D eigenvalue weighted by molar-refractivity contribution is -0.149. The molecule has 3 amide bonds. The van der Waals surface area contributed by atoms with Gasteiger partial charge in [0, 0.05) is 5.69 Å². The van der Waals surface area contributed by atoms with E-state index in [-0.39, 0.29) is 23.5 Å². The molecule has 1 aliphatic heterocycles. The Labute approximate surface area is 227 Å². The Bertz CT molecular complexity index is 1250. The second-order valence-electron chi connectivity index (χ2n) is 8.28. The molecule has 9 nitrogen and oxygen atoms in total. The summed E-state index contributed by atoms with van der Waals surface area (Å²) in [5.41, 5.74) is 2.24. The molecule has 0 unspecified atom stereocenters. The summed E-state index contributed by atoms with van der Waals surface area (Å²) in [7, 11) is 0. The van der Waals surface area contributed by atoms with Crippen LogP contribution in [0.4, 0.5) is 10.5 Å². The molecule has 0 atom stereocenters. The molecule has 196 valence electrons. The lowest BCUT2D eigenvalue weighted by Crippen LogP contribution is -2.35. The van der Waals surface area contributed by atoms with Crippen LogP contribution in [0, 0.1) is 6.92 Å². The standard InChI is InChI=1S/C26H27BrN2O7S/c1-5-34-20-11-17(12-21-25(32)29(26(33)37-21)13-23(31)36-15(2)3)10-19(27)24(20)35-14-22(30)28-18-8-6-7-16(4)9-18/h6-12,15H,5,13-14H2,1-4H3,(H,28,30)/b21-12-. The zero-order valence-electron chi connectivity index (χ0n) is 20.8. The Morgan fingerprint density at radius 1 is 1.16 bits per heavy atom. The largest absolute Gasteiger partial charge is 0.490 e. The van der Waals surface area contributed by atoms with Gasteiger partial charge in [-0.25, -0.2) is 0 Å². The van der Waals surface area contributed by atoms with Crippen LogP contribution in [-0.4, -0.2) is 53.8 Å². The number of halogens is 1. The fourth-order valence-electron chi connectivity index (χ4n) is 3.35. The molecule has 0 spiro atoms. The Hall–Kier alpha value is -3.31. The first-order valence-electron chi connectivity index (χ1n) is 11.5. The molecular weight excluding hydrogens is 564 g/mol. The van der Waals surface area contributed by atoms with Gasteiger partial charge in [-0.3, -0.25) is 24.1 Å². The maximum absolute atomic E-state index is 12.7. The molecule has 2 aromatic rings. The number of imide groups is 1. The fourth-order valence-corrected chi connectivity index (χ4v) is 4.76. The van der Waals surface area contributed by atoms with Crippen molar-refractivity contribution >= 4 is 62.5 Å². The van der Waals surface area contributed by atoms with Gasteiger partial charge in [0.1, 0.15) is 6.54 Å². The molecule has 0 saturated carbocycles. The van der Waals surface area contributed by atoms with Gasteiger partial charge in [-0.1, -0.05) is 12.1 Å². The van der Waals surface area contributed by atoms with E-state index in [2.05, 4.69) is 21.2 Å². The highest BCUT2D eigenvalue weighted by atomic mass is 79.9. The number of esters is 1. The SMILES string of the molecule is CCOc1cc(/C=C2\SC(=O)N(CC(=O)OC(C)C)C2=O)cc(Br)c1OCC(=O)Nc1cccc(C)c1. The second kappa shape index (κ2) is 12.8. The maximum atomic E-state index is 12.7. The first-order valence-corrected chi connectivity index (χ1v) is 13.1. The average molecular weight is 591 g/mol. The topological polar surface area (TPSA) is 111 Å². The summed E-state index contributed by atoms with van der Waals surface area (Å²) < 4.78 is 17.0. The van der Waals surface area contributed by atoms with Crippen molar-refractivity contribution in [1.29, 1.82) is 0 Å². The van der Waals surface area contributed by atoms with E-state index >= 15 is 0 Å². The molecule has 0 radical (unpaired) electrons. The van der Waals surface area contributed by atoms with E-state index < -0.39 is 23.7 Å². The summed E-state index contributed by atoms with van der Waals surface area (Å²) in [5.74, 6) is -0.909. The van der Waals surface area contributed by atoms with Crippen LogP contribution in [0.25, 0.3) is 6.08 Å². The van der Waals surface area contributed by atoms with Crippen LogP contribution in [0.2, 0.25) is 0 Å². The highest BCUT2D eigenvalue weighted by Crippen LogP contribution is 2.39. The van der Waals surface area contributed by atoms with Gasteiger partial charge in [-0.2, -0.15) is 0 Å². The van der Waals surface area contributed by atoms with Crippen LogP contribution in [-0.2, 0) is 19.1 Å². The Morgan fingerprint density at radius 3 is 2.59 bits per heavy atom. The predicted molar refractivity (Wildman–Crippen MR) is 145 cm³/mol. The van der Waals surface area contributed by atoms with E-state index in [1.54, 1.807) is 39.0 Å². The molecule has 1 saturated heterocycles. The van der Waals surface area contributed by atoms with Crippen molar-refractivity contribution in [2.45, 2.75) is 33.8 Å². The van der Waals surface area contributed by atoms with E-state index in [0.717, 1.165) is 22.2 Å². The van der Waals surface area contributed by atoms with E-state index in [0.29, 0.717) is 33.8 Å². The van der Waals surface area contributed by atoms with E-state index in [9.17, 15) is 19.2 Å². The number of nitrogens with one attached hydrogen (secondary N) is 1. The lowest BCUT2D eigenvalue weighted by atomic mass is 10.2. The molecule has 11 heteroatoms. The molecule has 2 aromatic carbocycles. The molecule has 1 aliphatic rings. The first-order chi connectivity index (χ1) is 17.6. The molecular formula is C26H27BrN2O7S. The number of hydrogen-bond acceptors (Lipinski definition) is 8. The van der Waals surface area contributed by atoms with Gasteiger partial charge in [0.05, 0.1) is 22.1 Å². The second-order valence-corrected chi connectivity index (χ2v) is 10.1. The number of anilines is 1. The van der Waals surface area contributed by atoms with Crippen molar-refractivity contribution in [3.8, 4) is 11.5 Å². The third-order valence-electron chi connectivity index (χ3n) is 4.81. The fraction of sp³-hybridized carbons (Fsp3) is 0.308. The number of amides is 3. The van der Waals surface area contributed by atoms with Crippen molar-refractivity contribution in [2.75, 3.05) is 25.1 Å². The smallest absolute Gasteiger partial charge is 0.326 e. The van der Waals surface area contributed by atoms with Crippen molar-refractivity contribution in [1.82, 2.24) is 4.90 Å². The number of benzene rings is 2. The number of hydrogen-bond donors (Lipinski definition) is 1.